The van der Waals surface area contributed by atoms with Gasteiger partial charge in [0, 0.05) is 85.2 Å². The van der Waals surface area contributed by atoms with E-state index >= 15 is 0 Å². The number of non-ortho nitro benzene ring substituents is 3. The predicted molar refractivity (Wildman–Crippen MR) is 237 cm³/mol. The van der Waals surface area contributed by atoms with Crippen LogP contribution in [0.25, 0.3) is 0 Å². The number of ether oxygens (including phenoxy) is 3. The molecular formula is C43H45N9O15S. The van der Waals surface area contributed by atoms with Crippen LogP contribution in [0.1, 0.15) is 37.0 Å². The second-order valence-corrected chi connectivity index (χ2v) is 17.7. The van der Waals surface area contributed by atoms with E-state index in [0.717, 1.165) is 0 Å². The summed E-state index contributed by atoms with van der Waals surface area (Å²) in [5.41, 5.74) is 0.901. The summed E-state index contributed by atoms with van der Waals surface area (Å²) in [6, 6.07) is 14.5. The van der Waals surface area contributed by atoms with Crippen LogP contribution in [0.4, 0.5) is 26.7 Å². The van der Waals surface area contributed by atoms with Crippen LogP contribution < -0.4 is 5.32 Å². The molecule has 3 fully saturated rings. The highest BCUT2D eigenvalue weighted by molar-refractivity contribution is 8.03. The molecule has 0 unspecified atom stereocenters. The molecule has 4 heterocycles. The third kappa shape index (κ3) is 10.5. The smallest absolute Gasteiger partial charge is 0.414 e. The number of alkyl carbamates (subject to hydrolysis) is 1. The number of thioether (sulfide) groups is 1. The number of hydrogen-bond acceptors (Lipinski definition) is 17. The van der Waals surface area contributed by atoms with E-state index in [2.05, 4.69) is 5.32 Å². The number of esters is 1. The largest absolute Gasteiger partial charge is 0.456 e. The molecule has 3 aromatic carbocycles. The van der Waals surface area contributed by atoms with Gasteiger partial charge in [-0.2, -0.15) is 0 Å². The molecule has 24 nitrogen and oxygen atoms in total. The molecule has 25 heteroatoms. The fourth-order valence-corrected chi connectivity index (χ4v) is 10.00. The number of guanidine groups is 1. The summed E-state index contributed by atoms with van der Waals surface area (Å²) in [5.74, 6) is -3.35. The van der Waals surface area contributed by atoms with Gasteiger partial charge in [-0.3, -0.25) is 55.6 Å². The van der Waals surface area contributed by atoms with Gasteiger partial charge in [0.05, 0.1) is 32.8 Å². The zero-order chi connectivity index (χ0) is 49.0. The Kier molecular flexibility index (Phi) is 14.5. The highest BCUT2D eigenvalue weighted by Crippen LogP contribution is 2.52. The molecular weight excluding hydrogens is 915 g/mol. The summed E-state index contributed by atoms with van der Waals surface area (Å²) in [7, 11) is 0. The van der Waals surface area contributed by atoms with Gasteiger partial charge in [0.2, 0.25) is 17.8 Å². The van der Waals surface area contributed by atoms with Crippen LogP contribution in [0.3, 0.4) is 0 Å². The normalized spacial score (nSPS) is 21.3. The van der Waals surface area contributed by atoms with Gasteiger partial charge in [0.25, 0.3) is 17.1 Å². The van der Waals surface area contributed by atoms with E-state index in [4.69, 9.17) is 19.6 Å². The molecule has 3 saturated heterocycles. The lowest BCUT2D eigenvalue weighted by Crippen LogP contribution is -2.63. The Hall–Kier alpha value is -7.67. The number of aliphatic hydroxyl groups is 1. The van der Waals surface area contributed by atoms with Crippen LogP contribution >= 0.6 is 11.8 Å². The van der Waals surface area contributed by atoms with Crippen molar-refractivity contribution in [3.63, 3.8) is 0 Å². The molecule has 0 saturated carbocycles. The summed E-state index contributed by atoms with van der Waals surface area (Å²) in [5, 5.41) is 54.0. The Morgan fingerprint density at radius 3 is 1.74 bits per heavy atom. The van der Waals surface area contributed by atoms with Gasteiger partial charge in [0.1, 0.15) is 31.6 Å². The number of carbonyl (C=O) groups excluding carboxylic acids is 5. The van der Waals surface area contributed by atoms with Crippen LogP contribution in [0.15, 0.2) is 83.4 Å². The molecule has 4 amide bonds. The topological polar surface area (TPSA) is 312 Å². The molecule has 0 bridgehead atoms. The molecule has 4 aliphatic rings. The summed E-state index contributed by atoms with van der Waals surface area (Å²) in [6.07, 6.45) is -2.75. The standard InChI is InChI=1S/C43H45N9O15S/c1-24-35-34(25(2)53)39(55)49(35)36(40(56)65-21-26-3-9-29(10-4-26)50(59)60)37(24)68-32-19-33(48(20-32)43(58)67-23-28-7-13-31(14-8-28)52(63)64)38(54)46-15-17-47(18-16-46)41(44)45-42(57)66-22-27-5-11-30(12-6-27)51(61)62/h3-14,24-25,32-35,53H,15-23H2,1-2H3,(H2,44,45,57)/t24-,25-,32+,33+,34-,35-/m1/s1. The zero-order valence-electron chi connectivity index (χ0n) is 36.5. The molecule has 6 atom stereocenters. The third-order valence-corrected chi connectivity index (χ3v) is 13.5. The summed E-state index contributed by atoms with van der Waals surface area (Å²) < 4.78 is 16.4. The van der Waals surface area contributed by atoms with Crippen molar-refractivity contribution >= 4 is 64.8 Å². The first kappa shape index (κ1) is 48.3. The summed E-state index contributed by atoms with van der Waals surface area (Å²) >= 11 is 1.20. The van der Waals surface area contributed by atoms with Crippen LogP contribution in [0, 0.1) is 47.6 Å². The number of fused-ring (bicyclic) bond motifs is 1. The van der Waals surface area contributed by atoms with E-state index in [-0.39, 0.29) is 87.7 Å². The summed E-state index contributed by atoms with van der Waals surface area (Å²) in [6.45, 7) is 2.90. The van der Waals surface area contributed by atoms with Crippen molar-refractivity contribution in [1.82, 2.24) is 24.9 Å². The number of piperazine rings is 1. The number of nitro benzene ring substituents is 3. The van der Waals surface area contributed by atoms with Gasteiger partial charge in [0.15, 0.2) is 0 Å². The first-order valence-electron chi connectivity index (χ1n) is 21.2. The number of rotatable bonds is 14. The number of hydrogen-bond donors (Lipinski definition) is 3. The van der Waals surface area contributed by atoms with Crippen LogP contribution in [0.5, 0.6) is 0 Å². The molecule has 7 rings (SSSR count). The van der Waals surface area contributed by atoms with Crippen molar-refractivity contribution in [1.29, 1.82) is 5.41 Å². The number of nitrogens with zero attached hydrogens (tertiary/aromatic N) is 7. The predicted octanol–water partition coefficient (Wildman–Crippen LogP) is 4.04. The van der Waals surface area contributed by atoms with Gasteiger partial charge in [-0.15, -0.1) is 11.8 Å². The average molecular weight is 960 g/mol. The van der Waals surface area contributed by atoms with E-state index in [1.54, 1.807) is 6.92 Å². The number of likely N-dealkylation sites (tertiary alicyclic amines) is 1. The number of amides is 4. The van der Waals surface area contributed by atoms with E-state index in [0.29, 0.717) is 21.6 Å². The minimum absolute atomic E-state index is 0.0409. The number of β-lactam (4-membered cyclic amide) rings is 1. The highest BCUT2D eigenvalue weighted by atomic mass is 32.2. The maximum Gasteiger partial charge on any atom is 0.414 e. The van der Waals surface area contributed by atoms with Crippen molar-refractivity contribution in [3.05, 3.63) is 130 Å². The first-order valence-corrected chi connectivity index (χ1v) is 22.1. The highest BCUT2D eigenvalue weighted by Gasteiger charge is 2.61. The molecule has 0 spiro atoms. The fourth-order valence-electron chi connectivity index (χ4n) is 8.48. The second-order valence-electron chi connectivity index (χ2n) is 16.4. The van der Waals surface area contributed by atoms with E-state index in [1.165, 1.54) is 111 Å². The fraction of sp³-hybridized carbons (Fsp3) is 0.395. The van der Waals surface area contributed by atoms with E-state index < -0.39 is 80.0 Å². The average Bonchev–Trinajstić information content (AvgIpc) is 3.85. The van der Waals surface area contributed by atoms with Gasteiger partial charge in [-0.1, -0.05) is 6.92 Å². The molecule has 0 aliphatic carbocycles. The van der Waals surface area contributed by atoms with Gasteiger partial charge in [-0.05, 0) is 66.4 Å². The maximum atomic E-state index is 14.4. The Morgan fingerprint density at radius 1 is 0.779 bits per heavy atom. The molecule has 4 aliphatic heterocycles. The number of nitro groups is 3. The van der Waals surface area contributed by atoms with E-state index in [1.807, 2.05) is 0 Å². The van der Waals surface area contributed by atoms with Gasteiger partial charge in [-0.25, -0.2) is 14.4 Å². The number of benzene rings is 3. The molecule has 3 aromatic rings. The third-order valence-electron chi connectivity index (χ3n) is 12.0. The second kappa shape index (κ2) is 20.5. The van der Waals surface area contributed by atoms with Crippen molar-refractivity contribution < 1.29 is 58.1 Å². The van der Waals surface area contributed by atoms with Gasteiger partial charge < -0.3 is 34.0 Å². The first-order chi connectivity index (χ1) is 32.4. The Labute approximate surface area is 390 Å². The molecule has 68 heavy (non-hydrogen) atoms. The van der Waals surface area contributed by atoms with Crippen molar-refractivity contribution in [3.8, 4) is 0 Å². The Balaban J connectivity index is 1.04. The van der Waals surface area contributed by atoms with Crippen molar-refractivity contribution in [2.24, 2.45) is 11.8 Å². The number of nitrogens with one attached hydrogen (secondary N) is 2. The van der Waals surface area contributed by atoms with Crippen LogP contribution in [0.2, 0.25) is 0 Å². The molecule has 358 valence electrons. The quantitative estimate of drug-likeness (QED) is 0.0390. The van der Waals surface area contributed by atoms with Gasteiger partial charge >= 0.3 is 18.2 Å². The monoisotopic (exact) mass is 959 g/mol. The molecule has 0 aromatic heterocycles. The lowest BCUT2D eigenvalue weighted by molar-refractivity contribution is -0.385. The lowest BCUT2D eigenvalue weighted by Gasteiger charge is -2.46. The lowest BCUT2D eigenvalue weighted by atomic mass is 9.79. The maximum absolute atomic E-state index is 14.4. The van der Waals surface area contributed by atoms with Crippen molar-refractivity contribution in [2.45, 2.75) is 63.5 Å². The summed E-state index contributed by atoms with van der Waals surface area (Å²) in [4.78, 5) is 106. The Morgan fingerprint density at radius 2 is 1.25 bits per heavy atom. The number of aliphatic hydroxyl groups excluding tert-OH is 1. The van der Waals surface area contributed by atoms with Crippen molar-refractivity contribution in [2.75, 3.05) is 32.7 Å². The molecule has 3 N–H and O–H groups in total. The van der Waals surface area contributed by atoms with Crippen LogP contribution in [-0.2, 0) is 48.4 Å². The van der Waals surface area contributed by atoms with Crippen LogP contribution in [-0.4, -0.2) is 132 Å². The Bertz CT molecular complexity index is 2530. The number of carbonyl (C=O) groups is 5. The SMILES string of the molecule is C[C@@H](O)[C@H]1C(=O)N2C(C(=O)OCc3ccc([N+](=O)[O-])cc3)=C(S[C@H]3C[C@@H](C(=O)N4CCN(C(=N)NC(=O)OCc5ccc([N+](=O)[O-])cc5)CC4)N(C(=O)OCc4ccc([N+](=O)[O-])cc4)C3)[C@H](C)[C@H]12. The van der Waals surface area contributed by atoms with E-state index in [9.17, 15) is 59.4 Å². The minimum atomic E-state index is -1.07. The zero-order valence-corrected chi connectivity index (χ0v) is 37.3. The minimum Gasteiger partial charge on any atom is -0.456 e. The molecule has 0 radical (unpaired) electrons.